The molecule has 4 rings (SSSR count). The molecule has 0 radical (unpaired) electrons. The van der Waals surface area contributed by atoms with Crippen LogP contribution in [0.2, 0.25) is 0 Å². The van der Waals surface area contributed by atoms with Gasteiger partial charge < -0.3 is 9.88 Å². The molecule has 0 saturated heterocycles. The van der Waals surface area contributed by atoms with Crippen molar-refractivity contribution >= 4 is 26.7 Å². The molecule has 2 aliphatic carbocycles. The summed E-state index contributed by atoms with van der Waals surface area (Å²) in [5, 5.41) is 1.06. The van der Waals surface area contributed by atoms with Gasteiger partial charge in [-0.15, -0.1) is 0 Å². The number of hydrogen-bond acceptors (Lipinski definition) is 5. The highest BCUT2D eigenvalue weighted by Gasteiger charge is 2.54. The minimum Gasteiger partial charge on any atom is -0.356 e. The quantitative estimate of drug-likeness (QED) is 0.855. The summed E-state index contributed by atoms with van der Waals surface area (Å²) in [5.74, 6) is 2.08. The average Bonchev–Trinajstić information content (AvgIpc) is 2.95. The second kappa shape index (κ2) is 5.97. The maximum atomic E-state index is 12.0. The van der Waals surface area contributed by atoms with Gasteiger partial charge in [0.2, 0.25) is 0 Å². The third kappa shape index (κ3) is 3.03. The lowest BCUT2D eigenvalue weighted by atomic mass is 9.50. The van der Waals surface area contributed by atoms with Gasteiger partial charge in [0.25, 0.3) is 0 Å². The molecule has 2 aromatic heterocycles. The first-order chi connectivity index (χ1) is 11.9. The maximum absolute atomic E-state index is 12.0. The highest BCUT2D eigenvalue weighted by atomic mass is 32.2. The number of H-pyrrole nitrogens is 1. The van der Waals surface area contributed by atoms with Gasteiger partial charge in [-0.3, -0.25) is 0 Å². The Bertz CT molecular complexity index is 862. The summed E-state index contributed by atoms with van der Waals surface area (Å²) in [6.07, 6.45) is 8.66. The fraction of sp³-hybridized carbons (Fsp3) is 0.667. The van der Waals surface area contributed by atoms with E-state index in [-0.39, 0.29) is 0 Å². The highest BCUT2D eigenvalue weighted by Crippen LogP contribution is 2.60. The van der Waals surface area contributed by atoms with Gasteiger partial charge in [-0.1, -0.05) is 6.92 Å². The molecule has 2 heterocycles. The van der Waals surface area contributed by atoms with Crippen molar-refractivity contribution in [3.8, 4) is 0 Å². The molecular weight excluding hydrogens is 336 g/mol. The van der Waals surface area contributed by atoms with E-state index >= 15 is 0 Å². The van der Waals surface area contributed by atoms with Crippen molar-refractivity contribution in [2.75, 3.05) is 23.5 Å². The number of fused-ring (bicyclic) bond motifs is 1. The molecule has 0 aromatic carbocycles. The number of nitrogens with zero attached hydrogens (tertiary/aromatic N) is 3. The Morgan fingerprint density at radius 2 is 2.04 bits per heavy atom. The van der Waals surface area contributed by atoms with Crippen LogP contribution < -0.4 is 4.90 Å². The molecule has 1 N–H and O–H groups in total. The van der Waals surface area contributed by atoms with E-state index in [0.717, 1.165) is 49.0 Å². The van der Waals surface area contributed by atoms with Crippen LogP contribution in [0, 0.1) is 11.3 Å². The number of anilines is 1. The minimum atomic E-state index is -2.85. The molecule has 0 unspecified atom stereocenters. The third-order valence-corrected chi connectivity index (χ3v) is 8.01. The molecular formula is C18H26N4O2S. The van der Waals surface area contributed by atoms with Gasteiger partial charge in [-0.2, -0.15) is 0 Å². The van der Waals surface area contributed by atoms with Gasteiger partial charge in [-0.05, 0) is 49.5 Å². The largest absolute Gasteiger partial charge is 0.356 e. The Morgan fingerprint density at radius 1 is 1.28 bits per heavy atom. The predicted octanol–water partition coefficient (Wildman–Crippen LogP) is 2.78. The fourth-order valence-corrected chi connectivity index (χ4v) is 6.64. The number of rotatable bonds is 6. The lowest BCUT2D eigenvalue weighted by molar-refractivity contribution is -0.0313. The zero-order chi connectivity index (χ0) is 17.7. The standard InChI is InChI=1S/C18H26N4O2S/c1-3-6-25(23,24)11-13-7-18(8-13)9-14(10-18)22(2)17-15-4-5-19-16(15)20-12-21-17/h4-5,12-14H,3,6-11H2,1-2H3,(H,19,20,21). The van der Waals surface area contributed by atoms with Crippen LogP contribution in [0.15, 0.2) is 18.6 Å². The Labute approximate surface area is 149 Å². The SMILES string of the molecule is CCCS(=O)(=O)CC1CC2(C1)CC(N(C)c1ncnc3[nH]ccc13)C2. The summed E-state index contributed by atoms with van der Waals surface area (Å²) < 4.78 is 24.0. The maximum Gasteiger partial charge on any atom is 0.150 e. The number of aromatic nitrogens is 3. The van der Waals surface area contributed by atoms with Crippen molar-refractivity contribution in [2.45, 2.75) is 45.1 Å². The molecule has 0 atom stereocenters. The van der Waals surface area contributed by atoms with Crippen LogP contribution in [0.25, 0.3) is 11.0 Å². The molecule has 2 aromatic rings. The summed E-state index contributed by atoms with van der Waals surface area (Å²) in [7, 11) is -0.742. The topological polar surface area (TPSA) is 79.0 Å². The predicted molar refractivity (Wildman–Crippen MR) is 99.4 cm³/mol. The van der Waals surface area contributed by atoms with Crippen molar-refractivity contribution in [1.82, 2.24) is 15.0 Å². The van der Waals surface area contributed by atoms with E-state index in [4.69, 9.17) is 0 Å². The number of nitrogens with one attached hydrogen (secondary N) is 1. The summed E-state index contributed by atoms with van der Waals surface area (Å²) in [5.41, 5.74) is 1.26. The van der Waals surface area contributed by atoms with Gasteiger partial charge >= 0.3 is 0 Å². The van der Waals surface area contributed by atoms with Crippen LogP contribution in [0.4, 0.5) is 5.82 Å². The van der Waals surface area contributed by atoms with E-state index in [9.17, 15) is 8.42 Å². The van der Waals surface area contributed by atoms with Crippen molar-refractivity contribution < 1.29 is 8.42 Å². The Balaban J connectivity index is 1.35. The Morgan fingerprint density at radius 3 is 2.76 bits per heavy atom. The minimum absolute atomic E-state index is 0.336. The van der Waals surface area contributed by atoms with E-state index < -0.39 is 9.84 Å². The lowest BCUT2D eigenvalue weighted by Gasteiger charge is -2.59. The third-order valence-electron chi connectivity index (χ3n) is 6.00. The first-order valence-corrected chi connectivity index (χ1v) is 10.9. The summed E-state index contributed by atoms with van der Waals surface area (Å²) in [6, 6.07) is 2.51. The molecule has 2 saturated carbocycles. The van der Waals surface area contributed by atoms with Crippen LogP contribution >= 0.6 is 0 Å². The average molecular weight is 362 g/mol. The monoisotopic (exact) mass is 362 g/mol. The van der Waals surface area contributed by atoms with Gasteiger partial charge in [0, 0.05) is 25.0 Å². The first kappa shape index (κ1) is 16.8. The molecule has 136 valence electrons. The fourth-order valence-electron chi connectivity index (χ4n) is 4.90. The van der Waals surface area contributed by atoms with E-state index in [1.165, 1.54) is 0 Å². The number of aromatic amines is 1. The van der Waals surface area contributed by atoms with Crippen molar-refractivity contribution in [1.29, 1.82) is 0 Å². The summed E-state index contributed by atoms with van der Waals surface area (Å²) in [6.45, 7) is 1.93. The van der Waals surface area contributed by atoms with Crippen molar-refractivity contribution in [3.63, 3.8) is 0 Å². The van der Waals surface area contributed by atoms with Crippen LogP contribution in [-0.2, 0) is 9.84 Å². The van der Waals surface area contributed by atoms with E-state index in [1.54, 1.807) is 6.33 Å². The van der Waals surface area contributed by atoms with E-state index in [1.807, 2.05) is 19.2 Å². The number of hydrogen-bond donors (Lipinski definition) is 1. The molecule has 2 fully saturated rings. The van der Waals surface area contributed by atoms with Gasteiger partial charge in [0.1, 0.15) is 17.8 Å². The highest BCUT2D eigenvalue weighted by molar-refractivity contribution is 7.91. The van der Waals surface area contributed by atoms with Crippen LogP contribution in [0.3, 0.4) is 0 Å². The number of sulfone groups is 1. The van der Waals surface area contributed by atoms with Gasteiger partial charge in [-0.25, -0.2) is 18.4 Å². The molecule has 1 spiro atoms. The van der Waals surface area contributed by atoms with Gasteiger partial charge in [0.15, 0.2) is 9.84 Å². The van der Waals surface area contributed by atoms with E-state index in [2.05, 4.69) is 26.9 Å². The Hall–Kier alpha value is -1.63. The molecule has 0 bridgehead atoms. The lowest BCUT2D eigenvalue weighted by Crippen LogP contribution is -2.56. The second-order valence-corrected chi connectivity index (χ2v) is 10.2. The van der Waals surface area contributed by atoms with Crippen molar-refractivity contribution in [3.05, 3.63) is 18.6 Å². The van der Waals surface area contributed by atoms with Crippen molar-refractivity contribution in [2.24, 2.45) is 11.3 Å². The molecule has 6 nitrogen and oxygen atoms in total. The second-order valence-electron chi connectivity index (χ2n) is 8.00. The zero-order valence-electron chi connectivity index (χ0n) is 14.9. The molecule has 7 heteroatoms. The summed E-state index contributed by atoms with van der Waals surface area (Å²) in [4.78, 5) is 14.1. The van der Waals surface area contributed by atoms with Gasteiger partial charge in [0.05, 0.1) is 11.1 Å². The zero-order valence-corrected chi connectivity index (χ0v) is 15.7. The smallest absolute Gasteiger partial charge is 0.150 e. The van der Waals surface area contributed by atoms with Crippen LogP contribution in [0.5, 0.6) is 0 Å². The Kier molecular flexibility index (Phi) is 4.02. The normalized spacial score (nSPS) is 28.7. The van der Waals surface area contributed by atoms with Crippen LogP contribution in [0.1, 0.15) is 39.0 Å². The first-order valence-electron chi connectivity index (χ1n) is 9.13. The molecule has 0 aliphatic heterocycles. The summed E-state index contributed by atoms with van der Waals surface area (Å²) >= 11 is 0. The van der Waals surface area contributed by atoms with Crippen LogP contribution in [-0.4, -0.2) is 48.0 Å². The van der Waals surface area contributed by atoms with E-state index in [0.29, 0.717) is 28.9 Å². The molecule has 2 aliphatic rings. The molecule has 0 amide bonds. The molecule has 25 heavy (non-hydrogen) atoms.